The van der Waals surface area contributed by atoms with Crippen molar-refractivity contribution in [2.75, 3.05) is 27.2 Å². The molecule has 6 heteroatoms. The highest BCUT2D eigenvalue weighted by Crippen LogP contribution is 2.25. The van der Waals surface area contributed by atoms with Crippen molar-refractivity contribution in [3.63, 3.8) is 0 Å². The van der Waals surface area contributed by atoms with Crippen LogP contribution in [0.5, 0.6) is 0 Å². The highest BCUT2D eigenvalue weighted by molar-refractivity contribution is 8.22. The van der Waals surface area contributed by atoms with Crippen LogP contribution in [0, 0.1) is 0 Å². The van der Waals surface area contributed by atoms with Crippen molar-refractivity contribution >= 4 is 56.6 Å². The van der Waals surface area contributed by atoms with Gasteiger partial charge in [-0.05, 0) is 24.0 Å². The Kier molecular flexibility index (Phi) is 37.9. The second kappa shape index (κ2) is 39.5. The quantitative estimate of drug-likeness (QED) is 0.0481. The summed E-state index contributed by atoms with van der Waals surface area (Å²) >= 11 is 15.3. The molecule has 314 valence electrons. The molecule has 2 nitrogen and oxygen atoms in total. The third-order valence-electron chi connectivity index (χ3n) is 11.1. The lowest BCUT2D eigenvalue weighted by Gasteiger charge is -2.21. The monoisotopic (exact) mass is 821 g/mol. The summed E-state index contributed by atoms with van der Waals surface area (Å²) in [6.07, 6.45) is 45.1. The predicted octanol–water partition coefficient (Wildman–Crippen LogP) is 17.1. The average molecular weight is 822 g/mol. The molecule has 0 aliphatic heterocycles. The fourth-order valence-corrected chi connectivity index (χ4v) is 9.60. The molecule has 0 fully saturated rings. The Bertz CT molecular complexity index is 908. The van der Waals surface area contributed by atoms with E-state index in [4.69, 9.17) is 24.4 Å². The van der Waals surface area contributed by atoms with Crippen molar-refractivity contribution in [3.8, 4) is 0 Å². The zero-order valence-electron chi connectivity index (χ0n) is 36.3. The molecule has 0 atom stereocenters. The molecule has 0 saturated carbocycles. The summed E-state index contributed by atoms with van der Waals surface area (Å²) in [4.78, 5) is 4.59. The number of hydrogen-bond donors (Lipinski definition) is 0. The van der Waals surface area contributed by atoms with Crippen LogP contribution in [0.15, 0.2) is 24.3 Å². The van der Waals surface area contributed by atoms with Gasteiger partial charge in [0.25, 0.3) is 0 Å². The smallest absolute Gasteiger partial charge is 0.136 e. The van der Waals surface area contributed by atoms with Crippen LogP contribution in [-0.2, 0) is 11.5 Å². The van der Waals surface area contributed by atoms with E-state index in [1.807, 2.05) is 23.5 Å². The predicted molar refractivity (Wildman–Crippen MR) is 259 cm³/mol. The molecule has 0 aromatic heterocycles. The SMILES string of the molecule is CCCCCCCCCCCCCCCCCCN(C)C(=S)SCc1ccccc1CSC(=S)N(C)CCCCCCCCCCCCCCCCCC. The molecule has 0 N–H and O–H groups in total. The van der Waals surface area contributed by atoms with Crippen molar-refractivity contribution < 1.29 is 0 Å². The molecule has 0 aliphatic rings. The van der Waals surface area contributed by atoms with E-state index in [2.05, 4.69) is 62.0 Å². The Morgan fingerprint density at radius 3 is 0.852 bits per heavy atom. The summed E-state index contributed by atoms with van der Waals surface area (Å²) in [5, 5.41) is 0. The fraction of sp³-hybridized carbons (Fsp3) is 0.833. The minimum Gasteiger partial charge on any atom is -0.361 e. The van der Waals surface area contributed by atoms with Gasteiger partial charge in [0.1, 0.15) is 8.64 Å². The van der Waals surface area contributed by atoms with Gasteiger partial charge in [0.2, 0.25) is 0 Å². The Morgan fingerprint density at radius 1 is 0.389 bits per heavy atom. The first-order valence-corrected chi connectivity index (χ1v) is 26.1. The van der Waals surface area contributed by atoms with Crippen LogP contribution < -0.4 is 0 Å². The van der Waals surface area contributed by atoms with E-state index in [0.717, 1.165) is 33.2 Å². The highest BCUT2D eigenvalue weighted by atomic mass is 32.2. The van der Waals surface area contributed by atoms with Gasteiger partial charge in [0, 0.05) is 38.7 Å². The number of thiocarbonyl (C=S) groups is 2. The van der Waals surface area contributed by atoms with Crippen LogP contribution in [0.25, 0.3) is 0 Å². The lowest BCUT2D eigenvalue weighted by Crippen LogP contribution is -2.24. The third kappa shape index (κ3) is 31.7. The van der Waals surface area contributed by atoms with Crippen LogP contribution in [0.4, 0.5) is 0 Å². The van der Waals surface area contributed by atoms with E-state index in [-0.39, 0.29) is 0 Å². The largest absolute Gasteiger partial charge is 0.361 e. The van der Waals surface area contributed by atoms with Crippen molar-refractivity contribution in [2.45, 2.75) is 231 Å². The zero-order valence-corrected chi connectivity index (χ0v) is 39.6. The first-order chi connectivity index (χ1) is 26.5. The first kappa shape index (κ1) is 51.7. The van der Waals surface area contributed by atoms with Crippen molar-refractivity contribution in [1.29, 1.82) is 0 Å². The average Bonchev–Trinajstić information content (AvgIpc) is 3.18. The third-order valence-corrected chi connectivity index (χ3v) is 14.5. The molecular weight excluding hydrogens is 733 g/mol. The van der Waals surface area contributed by atoms with Gasteiger partial charge in [-0.3, -0.25) is 0 Å². The van der Waals surface area contributed by atoms with E-state index in [9.17, 15) is 0 Å². The number of hydrogen-bond acceptors (Lipinski definition) is 4. The van der Waals surface area contributed by atoms with Crippen molar-refractivity contribution in [3.05, 3.63) is 35.4 Å². The van der Waals surface area contributed by atoms with Gasteiger partial charge in [-0.15, -0.1) is 0 Å². The van der Waals surface area contributed by atoms with Gasteiger partial charge in [0.15, 0.2) is 0 Å². The maximum absolute atomic E-state index is 5.84. The first-order valence-electron chi connectivity index (χ1n) is 23.3. The Balaban J connectivity index is 2.05. The molecule has 0 spiro atoms. The second-order valence-corrected chi connectivity index (χ2v) is 19.5. The van der Waals surface area contributed by atoms with Crippen LogP contribution in [0.1, 0.15) is 230 Å². The number of benzene rings is 1. The summed E-state index contributed by atoms with van der Waals surface area (Å²) in [6.45, 7) is 6.74. The van der Waals surface area contributed by atoms with E-state index >= 15 is 0 Å². The molecule has 0 radical (unpaired) electrons. The van der Waals surface area contributed by atoms with Crippen LogP contribution in [0.3, 0.4) is 0 Å². The minimum atomic E-state index is 0.931. The van der Waals surface area contributed by atoms with E-state index < -0.39 is 0 Å². The summed E-state index contributed by atoms with van der Waals surface area (Å²) in [5.74, 6) is 1.86. The van der Waals surface area contributed by atoms with Gasteiger partial charge < -0.3 is 9.80 Å². The second-order valence-electron chi connectivity index (χ2n) is 16.3. The van der Waals surface area contributed by atoms with Crippen LogP contribution in [-0.4, -0.2) is 45.6 Å². The van der Waals surface area contributed by atoms with Gasteiger partial charge >= 0.3 is 0 Å². The summed E-state index contributed by atoms with van der Waals surface area (Å²) < 4.78 is 2.04. The fourth-order valence-electron chi connectivity index (χ4n) is 7.32. The summed E-state index contributed by atoms with van der Waals surface area (Å²) in [6, 6.07) is 8.86. The maximum atomic E-state index is 5.84. The lowest BCUT2D eigenvalue weighted by atomic mass is 10.0. The molecule has 0 bridgehead atoms. The molecular formula is C48H88N2S4. The van der Waals surface area contributed by atoms with Gasteiger partial charge in [-0.1, -0.05) is 279 Å². The molecule has 1 rings (SSSR count). The molecule has 0 amide bonds. The number of thioether (sulfide) groups is 2. The van der Waals surface area contributed by atoms with Crippen molar-refractivity contribution in [2.24, 2.45) is 0 Å². The molecule has 0 aliphatic carbocycles. The van der Waals surface area contributed by atoms with Gasteiger partial charge in [-0.25, -0.2) is 0 Å². The molecule has 0 heterocycles. The molecule has 1 aromatic carbocycles. The van der Waals surface area contributed by atoms with Crippen molar-refractivity contribution in [1.82, 2.24) is 9.80 Å². The Labute approximate surface area is 357 Å². The maximum Gasteiger partial charge on any atom is 0.136 e. The normalized spacial score (nSPS) is 11.3. The zero-order chi connectivity index (χ0) is 39.2. The standard InChI is InChI=1S/C48H88N2S4/c1-5-7-9-11-13-15-17-19-21-23-25-27-29-31-33-37-41-49(3)47(51)53-43-45-39-35-36-40-46(45)44-54-48(52)50(4)42-38-34-32-30-28-26-24-22-20-18-16-14-12-10-8-6-2/h35-36,39-40H,5-34,37-38,41-44H2,1-4H3. The molecule has 1 aromatic rings. The highest BCUT2D eigenvalue weighted by Gasteiger charge is 2.11. The summed E-state index contributed by atoms with van der Waals surface area (Å²) in [7, 11) is 4.35. The number of unbranched alkanes of at least 4 members (excludes halogenated alkanes) is 30. The van der Waals surface area contributed by atoms with E-state index in [0.29, 0.717) is 0 Å². The minimum absolute atomic E-state index is 0.931. The number of rotatable bonds is 38. The van der Waals surface area contributed by atoms with E-state index in [1.165, 1.54) is 217 Å². The Hall–Kier alpha value is -0.300. The molecule has 0 unspecified atom stereocenters. The lowest BCUT2D eigenvalue weighted by molar-refractivity contribution is 0.474. The van der Waals surface area contributed by atoms with E-state index in [1.54, 1.807) is 0 Å². The summed E-state index contributed by atoms with van der Waals surface area (Å²) in [5.41, 5.74) is 2.77. The van der Waals surface area contributed by atoms with Crippen LogP contribution in [0.2, 0.25) is 0 Å². The molecule has 54 heavy (non-hydrogen) atoms. The van der Waals surface area contributed by atoms with Crippen LogP contribution >= 0.6 is 48.0 Å². The number of nitrogens with zero attached hydrogens (tertiary/aromatic N) is 2. The molecule has 0 saturated heterocycles. The Morgan fingerprint density at radius 2 is 0.611 bits per heavy atom. The topological polar surface area (TPSA) is 6.48 Å². The van der Waals surface area contributed by atoms with Gasteiger partial charge in [0.05, 0.1) is 0 Å². The van der Waals surface area contributed by atoms with Gasteiger partial charge in [-0.2, -0.15) is 0 Å².